The molecule has 0 aliphatic carbocycles. The molecule has 0 aliphatic rings. The number of nitrogens with zero attached hydrogens (tertiary/aromatic N) is 2. The number of phenolic OH excluding ortho intramolecular Hbond substituents is 1. The Hall–Kier alpha value is -2.41. The average molecular weight is 290 g/mol. The Balaban J connectivity index is 2.03. The number of carbonyl (C=O) groups is 1. The molecule has 7 heteroatoms. The molecule has 0 saturated heterocycles. The van der Waals surface area contributed by atoms with Crippen molar-refractivity contribution < 1.29 is 9.90 Å². The molecule has 0 spiro atoms. The van der Waals surface area contributed by atoms with E-state index in [9.17, 15) is 4.79 Å². The van der Waals surface area contributed by atoms with Gasteiger partial charge in [-0.05, 0) is 36.2 Å². The molecule has 0 saturated carbocycles. The summed E-state index contributed by atoms with van der Waals surface area (Å²) in [6, 6.07) is 6.46. The number of nitrogen functional groups attached to an aromatic ring is 1. The van der Waals surface area contributed by atoms with Crippen LogP contribution in [0.1, 0.15) is 27.9 Å². The van der Waals surface area contributed by atoms with Crippen molar-refractivity contribution in [3.8, 4) is 5.75 Å². The maximum Gasteiger partial charge on any atom is 0.283 e. The number of nitrogens with two attached hydrogens (primary N) is 1. The highest BCUT2D eigenvalue weighted by Crippen LogP contribution is 2.20. The summed E-state index contributed by atoms with van der Waals surface area (Å²) in [4.78, 5) is 16.5. The Bertz CT molecular complexity index is 634. The number of benzene rings is 1. The second-order valence-electron chi connectivity index (χ2n) is 3.97. The van der Waals surface area contributed by atoms with Gasteiger partial charge in [-0.2, -0.15) is 5.10 Å². The van der Waals surface area contributed by atoms with Gasteiger partial charge in [-0.25, -0.2) is 10.4 Å². The third-order valence-corrected chi connectivity index (χ3v) is 3.45. The zero-order valence-corrected chi connectivity index (χ0v) is 11.6. The number of nitrogens with one attached hydrogen (secondary N) is 1. The standard InChI is InChI=1S/C13H14N4O2S/c1-2-10-11(20-13(14)16-10)12(19)17-15-7-8-3-5-9(18)6-4-8/h3-7,18H,2H2,1H3,(H2,14,16)(H,17,19). The summed E-state index contributed by atoms with van der Waals surface area (Å²) < 4.78 is 0. The molecule has 1 aromatic heterocycles. The topological polar surface area (TPSA) is 101 Å². The quantitative estimate of drug-likeness (QED) is 0.590. The number of hydrogen-bond donors (Lipinski definition) is 3. The summed E-state index contributed by atoms with van der Waals surface area (Å²) in [5.41, 5.74) is 9.46. The lowest BCUT2D eigenvalue weighted by molar-refractivity contribution is 0.0958. The van der Waals surface area contributed by atoms with Crippen molar-refractivity contribution >= 4 is 28.6 Å². The molecule has 0 unspecified atom stereocenters. The lowest BCUT2D eigenvalue weighted by Gasteiger charge is -1.98. The van der Waals surface area contributed by atoms with E-state index in [1.807, 2.05) is 6.92 Å². The van der Waals surface area contributed by atoms with Gasteiger partial charge < -0.3 is 10.8 Å². The first kappa shape index (κ1) is 14.0. The second-order valence-corrected chi connectivity index (χ2v) is 5.00. The molecule has 1 heterocycles. The molecule has 0 bridgehead atoms. The maximum absolute atomic E-state index is 11.9. The molecule has 2 rings (SSSR count). The number of hydrogen-bond acceptors (Lipinski definition) is 6. The predicted octanol–water partition coefficient (Wildman–Crippen LogP) is 1.76. The first-order valence-corrected chi connectivity index (χ1v) is 6.79. The minimum absolute atomic E-state index is 0.180. The average Bonchev–Trinajstić information content (AvgIpc) is 2.82. The molecule has 0 fully saturated rings. The third-order valence-electron chi connectivity index (χ3n) is 2.53. The summed E-state index contributed by atoms with van der Waals surface area (Å²) in [6.07, 6.45) is 2.13. The van der Waals surface area contributed by atoms with Gasteiger partial charge in [-0.3, -0.25) is 4.79 Å². The molecule has 1 aromatic carbocycles. The van der Waals surface area contributed by atoms with Crippen molar-refractivity contribution in [3.05, 3.63) is 40.4 Å². The molecule has 0 radical (unpaired) electrons. The Morgan fingerprint density at radius 1 is 1.50 bits per heavy atom. The van der Waals surface area contributed by atoms with Gasteiger partial charge in [0.15, 0.2) is 5.13 Å². The van der Waals surface area contributed by atoms with Crippen molar-refractivity contribution in [3.63, 3.8) is 0 Å². The SMILES string of the molecule is CCc1nc(N)sc1C(=O)NN=Cc1ccc(O)cc1. The summed E-state index contributed by atoms with van der Waals surface area (Å²) in [6.45, 7) is 1.91. The normalized spacial score (nSPS) is 10.8. The molecule has 104 valence electrons. The van der Waals surface area contributed by atoms with E-state index in [2.05, 4.69) is 15.5 Å². The fourth-order valence-corrected chi connectivity index (χ4v) is 2.37. The molecule has 0 atom stereocenters. The Morgan fingerprint density at radius 2 is 2.20 bits per heavy atom. The lowest BCUT2D eigenvalue weighted by Crippen LogP contribution is -2.17. The number of aromatic hydroxyl groups is 1. The predicted molar refractivity (Wildman–Crippen MR) is 79.1 cm³/mol. The maximum atomic E-state index is 11.9. The van der Waals surface area contributed by atoms with E-state index in [1.54, 1.807) is 24.3 Å². The first-order chi connectivity index (χ1) is 9.60. The van der Waals surface area contributed by atoms with E-state index in [4.69, 9.17) is 10.8 Å². The van der Waals surface area contributed by atoms with Crippen LogP contribution in [0, 0.1) is 0 Å². The summed E-state index contributed by atoms with van der Waals surface area (Å²) in [5.74, 6) is -0.148. The molecule has 1 amide bonds. The van der Waals surface area contributed by atoms with Gasteiger partial charge in [0.2, 0.25) is 0 Å². The zero-order valence-electron chi connectivity index (χ0n) is 10.8. The Morgan fingerprint density at radius 3 is 2.85 bits per heavy atom. The van der Waals surface area contributed by atoms with Crippen LogP contribution in [-0.2, 0) is 6.42 Å². The van der Waals surface area contributed by atoms with E-state index in [-0.39, 0.29) is 11.7 Å². The molecular formula is C13H14N4O2S. The monoisotopic (exact) mass is 290 g/mol. The molecule has 2 aromatic rings. The van der Waals surface area contributed by atoms with Crippen LogP contribution in [0.4, 0.5) is 5.13 Å². The van der Waals surface area contributed by atoms with Crippen molar-refractivity contribution in [2.75, 3.05) is 5.73 Å². The van der Waals surface area contributed by atoms with Crippen molar-refractivity contribution in [1.29, 1.82) is 0 Å². The van der Waals surface area contributed by atoms with Gasteiger partial charge in [0.05, 0.1) is 11.9 Å². The number of anilines is 1. The minimum atomic E-state index is -0.328. The van der Waals surface area contributed by atoms with E-state index in [0.717, 1.165) is 16.9 Å². The minimum Gasteiger partial charge on any atom is -0.508 e. The Labute approximate surface area is 120 Å². The smallest absolute Gasteiger partial charge is 0.283 e. The number of phenols is 1. The molecule has 20 heavy (non-hydrogen) atoms. The number of carbonyl (C=O) groups excluding carboxylic acids is 1. The van der Waals surface area contributed by atoms with Gasteiger partial charge >= 0.3 is 0 Å². The van der Waals surface area contributed by atoms with Crippen LogP contribution in [0.15, 0.2) is 29.4 Å². The molecular weight excluding hydrogens is 276 g/mol. The number of rotatable bonds is 4. The van der Waals surface area contributed by atoms with Gasteiger partial charge in [0.25, 0.3) is 5.91 Å². The first-order valence-electron chi connectivity index (χ1n) is 5.97. The highest BCUT2D eigenvalue weighted by Gasteiger charge is 2.15. The summed E-state index contributed by atoms with van der Waals surface area (Å²) >= 11 is 1.14. The van der Waals surface area contributed by atoms with Crippen LogP contribution in [0.5, 0.6) is 5.75 Å². The van der Waals surface area contributed by atoms with Crippen LogP contribution >= 0.6 is 11.3 Å². The van der Waals surface area contributed by atoms with E-state index in [0.29, 0.717) is 22.1 Å². The molecule has 0 aliphatic heterocycles. The number of aryl methyl sites for hydroxylation is 1. The molecule has 6 nitrogen and oxygen atoms in total. The van der Waals surface area contributed by atoms with E-state index in [1.165, 1.54) is 6.21 Å². The zero-order chi connectivity index (χ0) is 14.5. The van der Waals surface area contributed by atoms with Gasteiger partial charge in [0.1, 0.15) is 10.6 Å². The fraction of sp³-hybridized carbons (Fsp3) is 0.154. The van der Waals surface area contributed by atoms with E-state index < -0.39 is 0 Å². The number of amides is 1. The van der Waals surface area contributed by atoms with Crippen LogP contribution in [0.3, 0.4) is 0 Å². The number of aromatic nitrogens is 1. The van der Waals surface area contributed by atoms with Gasteiger partial charge in [0, 0.05) is 0 Å². The van der Waals surface area contributed by atoms with Gasteiger partial charge in [-0.15, -0.1) is 0 Å². The van der Waals surface area contributed by atoms with Crippen LogP contribution in [0.25, 0.3) is 0 Å². The largest absolute Gasteiger partial charge is 0.508 e. The Kier molecular flexibility index (Phi) is 4.31. The second kappa shape index (κ2) is 6.16. The van der Waals surface area contributed by atoms with Crippen LogP contribution in [-0.4, -0.2) is 22.2 Å². The van der Waals surface area contributed by atoms with Crippen molar-refractivity contribution in [2.24, 2.45) is 5.10 Å². The fourth-order valence-electron chi connectivity index (χ4n) is 1.56. The summed E-state index contributed by atoms with van der Waals surface area (Å²) in [7, 11) is 0. The number of hydrazone groups is 1. The van der Waals surface area contributed by atoms with Crippen LogP contribution in [0.2, 0.25) is 0 Å². The van der Waals surface area contributed by atoms with Crippen molar-refractivity contribution in [1.82, 2.24) is 10.4 Å². The van der Waals surface area contributed by atoms with Crippen LogP contribution < -0.4 is 11.2 Å². The van der Waals surface area contributed by atoms with E-state index >= 15 is 0 Å². The number of thiazole rings is 1. The third kappa shape index (κ3) is 3.33. The van der Waals surface area contributed by atoms with Crippen molar-refractivity contribution in [2.45, 2.75) is 13.3 Å². The summed E-state index contributed by atoms with van der Waals surface area (Å²) in [5, 5.41) is 13.4. The van der Waals surface area contributed by atoms with Gasteiger partial charge in [-0.1, -0.05) is 18.3 Å². The molecule has 4 N–H and O–H groups in total. The lowest BCUT2D eigenvalue weighted by atomic mass is 10.2. The highest BCUT2D eigenvalue weighted by molar-refractivity contribution is 7.17. The highest BCUT2D eigenvalue weighted by atomic mass is 32.1.